The Kier molecular flexibility index (Phi) is 5.18. The van der Waals surface area contributed by atoms with Gasteiger partial charge in [0.15, 0.2) is 0 Å². The van der Waals surface area contributed by atoms with Crippen LogP contribution in [0.4, 0.5) is 11.4 Å². The molecule has 7 heteroatoms. The molecule has 0 bridgehead atoms. The van der Waals surface area contributed by atoms with Crippen LogP contribution in [0.2, 0.25) is 0 Å². The maximum absolute atomic E-state index is 12.2. The summed E-state index contributed by atoms with van der Waals surface area (Å²) in [6, 6.07) is 11.7. The van der Waals surface area contributed by atoms with E-state index in [0.29, 0.717) is 5.92 Å². The molecule has 2 aromatic rings. The molecule has 1 aliphatic rings. The normalized spacial score (nSPS) is 18.0. The van der Waals surface area contributed by atoms with Crippen molar-refractivity contribution in [2.75, 3.05) is 11.9 Å². The van der Waals surface area contributed by atoms with E-state index in [0.717, 1.165) is 12.0 Å². The number of hydrogen-bond donors (Lipinski definition) is 1. The number of hydrogen-bond acceptors (Lipinski definition) is 5. The predicted molar refractivity (Wildman–Crippen MR) is 110 cm³/mol. The molecule has 7 nitrogen and oxygen atoms in total. The van der Waals surface area contributed by atoms with Crippen molar-refractivity contribution in [3.63, 3.8) is 0 Å². The SMILES string of the molecule is C[C@@H]1CC(C)(C)N(C)c2ccc(/C=N\NC(=O)c3cccc([N+](=O)[O-])c3)cc21. The number of carbonyl (C=O) groups is 1. The Balaban J connectivity index is 1.74. The van der Waals surface area contributed by atoms with Crippen LogP contribution in [0.3, 0.4) is 0 Å². The standard InChI is InChI=1S/C21H24N4O3/c1-14-12-21(2,3)24(4)19-9-8-15(10-18(14)19)13-22-23-20(26)16-6-5-7-17(11-16)25(27)28/h5-11,13-14H,12H2,1-4H3,(H,23,26)/b22-13-/t14-/m1/s1. The molecule has 1 atom stereocenters. The van der Waals surface area contributed by atoms with Crippen LogP contribution in [0.25, 0.3) is 0 Å². The van der Waals surface area contributed by atoms with E-state index < -0.39 is 10.8 Å². The molecule has 2 aromatic carbocycles. The van der Waals surface area contributed by atoms with Crippen molar-refractivity contribution in [3.05, 3.63) is 69.3 Å². The number of hydrazone groups is 1. The topological polar surface area (TPSA) is 87.8 Å². The summed E-state index contributed by atoms with van der Waals surface area (Å²) >= 11 is 0. The van der Waals surface area contributed by atoms with Gasteiger partial charge in [0.25, 0.3) is 11.6 Å². The van der Waals surface area contributed by atoms with Gasteiger partial charge in [-0.25, -0.2) is 5.43 Å². The zero-order valence-electron chi connectivity index (χ0n) is 16.5. The minimum atomic E-state index is -0.535. The average Bonchev–Trinajstić information content (AvgIpc) is 2.66. The number of amides is 1. The van der Waals surface area contributed by atoms with Gasteiger partial charge in [0, 0.05) is 36.0 Å². The highest BCUT2D eigenvalue weighted by atomic mass is 16.6. The summed E-state index contributed by atoms with van der Waals surface area (Å²) in [5.74, 6) is -0.0678. The van der Waals surface area contributed by atoms with Gasteiger partial charge in [0.05, 0.1) is 11.1 Å². The van der Waals surface area contributed by atoms with Crippen LogP contribution < -0.4 is 10.3 Å². The fraction of sp³-hybridized carbons (Fsp3) is 0.333. The second-order valence-corrected chi connectivity index (χ2v) is 7.80. The number of non-ortho nitro benzene ring substituents is 1. The Morgan fingerprint density at radius 3 is 2.79 bits per heavy atom. The van der Waals surface area contributed by atoms with Crippen LogP contribution in [0.15, 0.2) is 47.6 Å². The zero-order valence-corrected chi connectivity index (χ0v) is 16.5. The van der Waals surface area contributed by atoms with E-state index in [2.05, 4.69) is 55.4 Å². The molecular weight excluding hydrogens is 356 g/mol. The number of nitro groups is 1. The van der Waals surface area contributed by atoms with Gasteiger partial charge in [-0.15, -0.1) is 0 Å². The fourth-order valence-electron chi connectivity index (χ4n) is 3.67. The van der Waals surface area contributed by atoms with E-state index in [1.807, 2.05) is 6.07 Å². The summed E-state index contributed by atoms with van der Waals surface area (Å²) in [6.45, 7) is 6.70. The molecule has 28 heavy (non-hydrogen) atoms. The highest BCUT2D eigenvalue weighted by Crippen LogP contribution is 2.42. The Morgan fingerprint density at radius 2 is 2.07 bits per heavy atom. The number of rotatable bonds is 4. The smallest absolute Gasteiger partial charge is 0.271 e. The number of fused-ring (bicyclic) bond motifs is 1. The maximum Gasteiger partial charge on any atom is 0.271 e. The minimum absolute atomic E-state index is 0.105. The van der Waals surface area contributed by atoms with E-state index in [4.69, 9.17) is 0 Å². The molecule has 1 amide bonds. The summed E-state index contributed by atoms with van der Waals surface area (Å²) in [4.78, 5) is 24.7. The van der Waals surface area contributed by atoms with Gasteiger partial charge in [0.1, 0.15) is 0 Å². The Bertz CT molecular complexity index is 952. The molecule has 1 N–H and O–H groups in total. The summed E-state index contributed by atoms with van der Waals surface area (Å²) in [6.07, 6.45) is 2.64. The number of nitrogens with zero attached hydrogens (tertiary/aromatic N) is 3. The zero-order chi connectivity index (χ0) is 20.5. The van der Waals surface area contributed by atoms with Crippen molar-refractivity contribution < 1.29 is 9.72 Å². The minimum Gasteiger partial charge on any atom is -0.369 e. The Morgan fingerprint density at radius 1 is 1.32 bits per heavy atom. The van der Waals surface area contributed by atoms with Crippen molar-refractivity contribution in [2.24, 2.45) is 5.10 Å². The summed E-state index contributed by atoms with van der Waals surface area (Å²) in [5.41, 5.74) is 5.94. The first-order valence-electron chi connectivity index (χ1n) is 9.15. The van der Waals surface area contributed by atoms with Crippen LogP contribution in [-0.4, -0.2) is 29.6 Å². The third-order valence-electron chi connectivity index (χ3n) is 5.36. The lowest BCUT2D eigenvalue weighted by Gasteiger charge is -2.45. The number of nitrogens with one attached hydrogen (secondary N) is 1. The van der Waals surface area contributed by atoms with Gasteiger partial charge < -0.3 is 4.90 Å². The third-order valence-corrected chi connectivity index (χ3v) is 5.36. The predicted octanol–water partition coefficient (Wildman–Crippen LogP) is 4.08. The Labute approximate surface area is 164 Å². The molecule has 0 saturated carbocycles. The molecule has 0 fully saturated rings. The lowest BCUT2D eigenvalue weighted by molar-refractivity contribution is -0.384. The van der Waals surface area contributed by atoms with Crippen molar-refractivity contribution in [3.8, 4) is 0 Å². The molecule has 0 unspecified atom stereocenters. The van der Waals surface area contributed by atoms with E-state index in [9.17, 15) is 14.9 Å². The molecule has 1 heterocycles. The van der Waals surface area contributed by atoms with Gasteiger partial charge in [-0.05, 0) is 55.5 Å². The summed E-state index contributed by atoms with van der Waals surface area (Å²) in [7, 11) is 2.11. The quantitative estimate of drug-likeness (QED) is 0.492. The fourth-order valence-corrected chi connectivity index (χ4v) is 3.67. The van der Waals surface area contributed by atoms with Gasteiger partial charge in [0.2, 0.25) is 0 Å². The van der Waals surface area contributed by atoms with E-state index >= 15 is 0 Å². The van der Waals surface area contributed by atoms with Crippen molar-refractivity contribution >= 4 is 23.5 Å². The highest BCUT2D eigenvalue weighted by molar-refractivity contribution is 5.95. The van der Waals surface area contributed by atoms with Crippen molar-refractivity contribution in [1.82, 2.24) is 5.43 Å². The molecule has 0 radical (unpaired) electrons. The first-order valence-corrected chi connectivity index (χ1v) is 9.15. The molecule has 3 rings (SSSR count). The second-order valence-electron chi connectivity index (χ2n) is 7.80. The van der Waals surface area contributed by atoms with E-state index in [-0.39, 0.29) is 16.8 Å². The van der Waals surface area contributed by atoms with Gasteiger partial charge in [-0.1, -0.05) is 19.1 Å². The number of anilines is 1. The molecule has 1 aliphatic heterocycles. The second kappa shape index (κ2) is 7.42. The highest BCUT2D eigenvalue weighted by Gasteiger charge is 2.33. The van der Waals surface area contributed by atoms with Crippen LogP contribution in [0.1, 0.15) is 54.6 Å². The monoisotopic (exact) mass is 380 g/mol. The molecular formula is C21H24N4O3. The largest absolute Gasteiger partial charge is 0.369 e. The van der Waals surface area contributed by atoms with Crippen molar-refractivity contribution in [2.45, 2.75) is 38.6 Å². The summed E-state index contributed by atoms with van der Waals surface area (Å²) < 4.78 is 0. The van der Waals surface area contributed by atoms with E-state index in [1.54, 1.807) is 6.21 Å². The number of carbonyl (C=O) groups excluding carboxylic acids is 1. The molecule has 0 spiro atoms. The summed E-state index contributed by atoms with van der Waals surface area (Å²) in [5, 5.41) is 14.8. The number of benzene rings is 2. The van der Waals surface area contributed by atoms with Crippen LogP contribution >= 0.6 is 0 Å². The molecule has 0 aromatic heterocycles. The molecule has 146 valence electrons. The molecule has 0 saturated heterocycles. The van der Waals surface area contributed by atoms with Gasteiger partial charge in [-0.3, -0.25) is 14.9 Å². The average molecular weight is 380 g/mol. The van der Waals surface area contributed by atoms with E-state index in [1.165, 1.54) is 35.5 Å². The van der Waals surface area contributed by atoms with Gasteiger partial charge >= 0.3 is 0 Å². The third kappa shape index (κ3) is 3.88. The van der Waals surface area contributed by atoms with Crippen LogP contribution in [-0.2, 0) is 0 Å². The Hall–Kier alpha value is -3.22. The number of nitro benzene ring substituents is 1. The van der Waals surface area contributed by atoms with Gasteiger partial charge in [-0.2, -0.15) is 5.10 Å². The van der Waals surface area contributed by atoms with Crippen LogP contribution in [0.5, 0.6) is 0 Å². The van der Waals surface area contributed by atoms with Crippen LogP contribution in [0, 0.1) is 10.1 Å². The maximum atomic E-state index is 12.2. The first-order chi connectivity index (χ1) is 13.2. The first kappa shape index (κ1) is 19.5. The molecule has 0 aliphatic carbocycles. The lowest BCUT2D eigenvalue weighted by atomic mass is 9.80. The lowest BCUT2D eigenvalue weighted by Crippen LogP contribution is -2.45. The van der Waals surface area contributed by atoms with Crippen molar-refractivity contribution in [1.29, 1.82) is 0 Å².